The van der Waals surface area contributed by atoms with Gasteiger partial charge in [0.25, 0.3) is 0 Å². The lowest BCUT2D eigenvalue weighted by Crippen LogP contribution is -1.87. The molecule has 2 rings (SSSR count). The molecule has 0 N–H and O–H groups in total. The van der Waals surface area contributed by atoms with Crippen molar-refractivity contribution < 1.29 is 4.74 Å². The van der Waals surface area contributed by atoms with Gasteiger partial charge < -0.3 is 4.74 Å². The van der Waals surface area contributed by atoms with E-state index in [2.05, 4.69) is 0 Å². The van der Waals surface area contributed by atoms with Gasteiger partial charge >= 0.3 is 0 Å². The third kappa shape index (κ3) is 2.99. The summed E-state index contributed by atoms with van der Waals surface area (Å²) in [5.41, 5.74) is 0. The van der Waals surface area contributed by atoms with Crippen LogP contribution < -0.4 is 4.74 Å². The highest BCUT2D eigenvalue weighted by Gasteiger charge is 2.10. The van der Waals surface area contributed by atoms with Crippen LogP contribution in [0.2, 0.25) is 20.1 Å². The number of ether oxygens (including phenoxy) is 1. The zero-order valence-electron chi connectivity index (χ0n) is 8.38. The van der Waals surface area contributed by atoms with Crippen LogP contribution in [0, 0.1) is 0 Å². The molecule has 0 bridgehead atoms. The molecule has 88 valence electrons. The van der Waals surface area contributed by atoms with E-state index >= 15 is 0 Å². The van der Waals surface area contributed by atoms with E-state index in [1.165, 1.54) is 0 Å². The third-order valence-corrected chi connectivity index (χ3v) is 3.15. The molecular weight excluding hydrogens is 302 g/mol. The Balaban J connectivity index is 2.38. The fourth-order valence-corrected chi connectivity index (χ4v) is 2.17. The Morgan fingerprint density at radius 3 is 2.00 bits per heavy atom. The van der Waals surface area contributed by atoms with Crippen molar-refractivity contribution in [1.29, 1.82) is 0 Å². The van der Waals surface area contributed by atoms with E-state index in [1.54, 1.807) is 36.4 Å². The van der Waals surface area contributed by atoms with E-state index < -0.39 is 0 Å². The lowest BCUT2D eigenvalue weighted by molar-refractivity contribution is 0.483. The molecule has 0 aliphatic carbocycles. The Labute approximate surface area is 119 Å². The van der Waals surface area contributed by atoms with E-state index in [1.807, 2.05) is 0 Å². The average molecular weight is 308 g/mol. The minimum atomic E-state index is 0.375. The molecule has 17 heavy (non-hydrogen) atoms. The monoisotopic (exact) mass is 306 g/mol. The van der Waals surface area contributed by atoms with Gasteiger partial charge in [-0.05, 0) is 30.3 Å². The number of hydrogen-bond donors (Lipinski definition) is 0. The topological polar surface area (TPSA) is 9.23 Å². The Bertz CT molecular complexity index is 534. The van der Waals surface area contributed by atoms with Gasteiger partial charge in [0.05, 0.1) is 15.1 Å². The molecule has 0 spiro atoms. The summed E-state index contributed by atoms with van der Waals surface area (Å²) in [6.07, 6.45) is 0. The van der Waals surface area contributed by atoms with Crippen molar-refractivity contribution in [2.24, 2.45) is 0 Å². The number of halogens is 4. The van der Waals surface area contributed by atoms with Crippen LogP contribution in [-0.4, -0.2) is 0 Å². The van der Waals surface area contributed by atoms with Crippen LogP contribution in [0.15, 0.2) is 36.4 Å². The minimum absolute atomic E-state index is 0.375. The summed E-state index contributed by atoms with van der Waals surface area (Å²) in [6.45, 7) is 0. The molecule has 0 saturated carbocycles. The van der Waals surface area contributed by atoms with Gasteiger partial charge in [-0.15, -0.1) is 0 Å². The van der Waals surface area contributed by atoms with Crippen LogP contribution in [0.25, 0.3) is 0 Å². The Morgan fingerprint density at radius 2 is 1.41 bits per heavy atom. The standard InChI is InChI=1S/C12H6Cl4O/c13-7-4-5-11(10(16)6-7)17-12-8(14)2-1-3-9(12)15/h1-6H. The van der Waals surface area contributed by atoms with Crippen molar-refractivity contribution in [3.8, 4) is 11.5 Å². The van der Waals surface area contributed by atoms with Crippen LogP contribution in [0.5, 0.6) is 11.5 Å². The maximum Gasteiger partial charge on any atom is 0.164 e. The second kappa shape index (κ2) is 5.36. The summed E-state index contributed by atoms with van der Waals surface area (Å²) in [4.78, 5) is 0. The number of para-hydroxylation sites is 1. The predicted molar refractivity (Wildman–Crippen MR) is 73.0 cm³/mol. The maximum atomic E-state index is 5.99. The Kier molecular flexibility index (Phi) is 4.05. The summed E-state index contributed by atoms with van der Waals surface area (Å²) in [6, 6.07) is 10.0. The van der Waals surface area contributed by atoms with Crippen molar-refractivity contribution in [3.63, 3.8) is 0 Å². The fourth-order valence-electron chi connectivity index (χ4n) is 1.25. The van der Waals surface area contributed by atoms with E-state index in [-0.39, 0.29) is 0 Å². The van der Waals surface area contributed by atoms with E-state index in [0.29, 0.717) is 31.6 Å². The van der Waals surface area contributed by atoms with E-state index in [0.717, 1.165) is 0 Å². The molecular formula is C12H6Cl4O. The molecule has 0 heterocycles. The minimum Gasteiger partial charge on any atom is -0.453 e. The first-order valence-electron chi connectivity index (χ1n) is 4.65. The van der Waals surface area contributed by atoms with Gasteiger partial charge in [-0.1, -0.05) is 52.5 Å². The van der Waals surface area contributed by atoms with Crippen molar-refractivity contribution >= 4 is 46.4 Å². The van der Waals surface area contributed by atoms with Gasteiger partial charge in [-0.3, -0.25) is 0 Å². The second-order valence-electron chi connectivity index (χ2n) is 3.23. The first-order chi connectivity index (χ1) is 8.08. The molecule has 0 unspecified atom stereocenters. The fraction of sp³-hybridized carbons (Fsp3) is 0. The molecule has 0 radical (unpaired) electrons. The molecule has 2 aromatic carbocycles. The van der Waals surface area contributed by atoms with Crippen molar-refractivity contribution in [3.05, 3.63) is 56.5 Å². The zero-order valence-corrected chi connectivity index (χ0v) is 11.4. The summed E-state index contributed by atoms with van der Waals surface area (Å²) in [5, 5.41) is 1.77. The molecule has 0 amide bonds. The molecule has 0 fully saturated rings. The van der Waals surface area contributed by atoms with Crippen LogP contribution in [0.1, 0.15) is 0 Å². The predicted octanol–water partition coefficient (Wildman–Crippen LogP) is 6.09. The highest BCUT2D eigenvalue weighted by Crippen LogP contribution is 2.38. The lowest BCUT2D eigenvalue weighted by atomic mass is 10.3. The molecule has 0 aliphatic heterocycles. The Morgan fingerprint density at radius 1 is 0.765 bits per heavy atom. The van der Waals surface area contributed by atoms with E-state index in [9.17, 15) is 0 Å². The highest BCUT2D eigenvalue weighted by molar-refractivity contribution is 6.37. The molecule has 0 saturated heterocycles. The van der Waals surface area contributed by atoms with Gasteiger partial charge in [0.2, 0.25) is 0 Å². The molecule has 0 aliphatic rings. The smallest absolute Gasteiger partial charge is 0.164 e. The normalized spacial score (nSPS) is 10.4. The van der Waals surface area contributed by atoms with Gasteiger partial charge in [-0.25, -0.2) is 0 Å². The second-order valence-corrected chi connectivity index (χ2v) is 4.89. The summed E-state index contributed by atoms with van der Waals surface area (Å²) >= 11 is 23.7. The summed E-state index contributed by atoms with van der Waals surface area (Å²) < 4.78 is 5.57. The van der Waals surface area contributed by atoms with Crippen molar-refractivity contribution in [2.75, 3.05) is 0 Å². The van der Waals surface area contributed by atoms with Crippen LogP contribution >= 0.6 is 46.4 Å². The number of hydrogen-bond acceptors (Lipinski definition) is 1. The number of benzene rings is 2. The summed E-state index contributed by atoms with van der Waals surface area (Å²) in [5.74, 6) is 0.825. The van der Waals surface area contributed by atoms with Crippen molar-refractivity contribution in [1.82, 2.24) is 0 Å². The Hall–Kier alpha value is -0.600. The zero-order chi connectivity index (χ0) is 12.4. The van der Waals surface area contributed by atoms with Crippen LogP contribution in [0.4, 0.5) is 0 Å². The van der Waals surface area contributed by atoms with E-state index in [4.69, 9.17) is 51.1 Å². The molecule has 5 heteroatoms. The first-order valence-corrected chi connectivity index (χ1v) is 6.16. The maximum absolute atomic E-state index is 5.99. The lowest BCUT2D eigenvalue weighted by Gasteiger charge is -2.10. The SMILES string of the molecule is Clc1ccc(Oc2c(Cl)cccc2Cl)c(Cl)c1. The van der Waals surface area contributed by atoms with Gasteiger partial charge in [0.15, 0.2) is 5.75 Å². The van der Waals surface area contributed by atoms with Gasteiger partial charge in [0, 0.05) is 5.02 Å². The molecule has 2 aromatic rings. The van der Waals surface area contributed by atoms with Crippen LogP contribution in [0.3, 0.4) is 0 Å². The third-order valence-electron chi connectivity index (χ3n) is 2.02. The number of rotatable bonds is 2. The average Bonchev–Trinajstić information content (AvgIpc) is 2.26. The van der Waals surface area contributed by atoms with Crippen molar-refractivity contribution in [2.45, 2.75) is 0 Å². The van der Waals surface area contributed by atoms with Gasteiger partial charge in [-0.2, -0.15) is 0 Å². The van der Waals surface area contributed by atoms with Crippen LogP contribution in [-0.2, 0) is 0 Å². The quantitative estimate of drug-likeness (QED) is 0.652. The first kappa shape index (κ1) is 12.8. The summed E-state index contributed by atoms with van der Waals surface area (Å²) in [7, 11) is 0. The largest absolute Gasteiger partial charge is 0.453 e. The highest BCUT2D eigenvalue weighted by atomic mass is 35.5. The molecule has 0 aromatic heterocycles. The molecule has 0 atom stereocenters. The van der Waals surface area contributed by atoms with Gasteiger partial charge in [0.1, 0.15) is 5.75 Å². The molecule has 1 nitrogen and oxygen atoms in total.